The Morgan fingerprint density at radius 3 is 2.32 bits per heavy atom. The fraction of sp³-hybridized carbons (Fsp3) is 0.333. The van der Waals surface area contributed by atoms with Gasteiger partial charge >= 0.3 is 5.97 Å². The second-order valence-corrected chi connectivity index (χ2v) is 5.39. The molecule has 0 bridgehead atoms. The monoisotopic (exact) mass is 342 g/mol. The van der Waals surface area contributed by atoms with Gasteiger partial charge in [-0.1, -0.05) is 0 Å². The Labute approximate surface area is 147 Å². The summed E-state index contributed by atoms with van der Waals surface area (Å²) in [6, 6.07) is 7.52. The van der Waals surface area contributed by atoms with E-state index in [-0.39, 0.29) is 12.3 Å². The van der Waals surface area contributed by atoms with Crippen molar-refractivity contribution in [2.75, 3.05) is 29.9 Å². The van der Waals surface area contributed by atoms with Crippen molar-refractivity contribution in [1.29, 1.82) is 0 Å². The maximum atomic E-state index is 11.9. The molecule has 2 aromatic rings. The van der Waals surface area contributed by atoms with E-state index in [1.807, 2.05) is 24.3 Å². The van der Waals surface area contributed by atoms with Gasteiger partial charge in [-0.25, -0.2) is 9.78 Å². The number of rotatable bonds is 7. The first-order valence-electron chi connectivity index (χ1n) is 8.14. The van der Waals surface area contributed by atoms with Gasteiger partial charge < -0.3 is 15.0 Å². The van der Waals surface area contributed by atoms with Crippen molar-refractivity contribution >= 4 is 23.3 Å². The molecule has 0 saturated carbocycles. The van der Waals surface area contributed by atoms with Crippen LogP contribution in [0, 0.1) is 6.92 Å². The standard InChI is InChI=1S/C18H22N4O3/c1-4-22(5-2)15-8-6-14(7-9-15)21-17(23)12-25-18(24)16-11-19-13(3)10-20-16/h6-11H,4-5,12H2,1-3H3,(H,21,23). The Hall–Kier alpha value is -2.96. The molecule has 0 aliphatic rings. The number of carbonyl (C=O) groups is 2. The fourth-order valence-corrected chi connectivity index (χ4v) is 2.24. The first-order chi connectivity index (χ1) is 12.0. The first-order valence-corrected chi connectivity index (χ1v) is 8.14. The van der Waals surface area contributed by atoms with Crippen LogP contribution >= 0.6 is 0 Å². The SMILES string of the molecule is CCN(CC)c1ccc(NC(=O)COC(=O)c2cnc(C)cn2)cc1. The van der Waals surface area contributed by atoms with Crippen molar-refractivity contribution in [3.8, 4) is 0 Å². The number of hydrogen-bond acceptors (Lipinski definition) is 6. The molecule has 2 rings (SSSR count). The summed E-state index contributed by atoms with van der Waals surface area (Å²) in [5.74, 6) is -1.09. The van der Waals surface area contributed by atoms with E-state index in [4.69, 9.17) is 4.74 Å². The molecule has 1 N–H and O–H groups in total. The van der Waals surface area contributed by atoms with Gasteiger partial charge in [0.05, 0.1) is 11.9 Å². The van der Waals surface area contributed by atoms with Crippen molar-refractivity contribution in [2.24, 2.45) is 0 Å². The largest absolute Gasteiger partial charge is 0.451 e. The molecule has 0 aliphatic carbocycles. The van der Waals surface area contributed by atoms with Gasteiger partial charge in [0.25, 0.3) is 5.91 Å². The molecule has 0 atom stereocenters. The highest BCUT2D eigenvalue weighted by Crippen LogP contribution is 2.17. The number of hydrogen-bond donors (Lipinski definition) is 1. The van der Waals surface area contributed by atoms with Crippen LogP contribution in [0.25, 0.3) is 0 Å². The summed E-state index contributed by atoms with van der Waals surface area (Å²) in [7, 11) is 0. The van der Waals surface area contributed by atoms with E-state index in [2.05, 4.69) is 34.0 Å². The molecular formula is C18H22N4O3. The first kappa shape index (κ1) is 18.4. The highest BCUT2D eigenvalue weighted by molar-refractivity contribution is 5.94. The minimum Gasteiger partial charge on any atom is -0.451 e. The quantitative estimate of drug-likeness (QED) is 0.778. The lowest BCUT2D eigenvalue weighted by Crippen LogP contribution is -2.22. The summed E-state index contributed by atoms with van der Waals surface area (Å²) < 4.78 is 4.94. The van der Waals surface area contributed by atoms with E-state index in [0.29, 0.717) is 11.4 Å². The summed E-state index contributed by atoms with van der Waals surface area (Å²) >= 11 is 0. The number of nitrogens with zero attached hydrogens (tertiary/aromatic N) is 3. The normalized spacial score (nSPS) is 10.2. The third-order valence-corrected chi connectivity index (χ3v) is 3.60. The van der Waals surface area contributed by atoms with E-state index >= 15 is 0 Å². The van der Waals surface area contributed by atoms with Crippen LogP contribution in [0.4, 0.5) is 11.4 Å². The third kappa shape index (κ3) is 5.27. The molecule has 0 unspecified atom stereocenters. The smallest absolute Gasteiger partial charge is 0.359 e. The molecule has 1 aromatic carbocycles. The average Bonchev–Trinajstić information content (AvgIpc) is 2.63. The zero-order chi connectivity index (χ0) is 18.2. The van der Waals surface area contributed by atoms with Crippen LogP contribution in [0.15, 0.2) is 36.7 Å². The van der Waals surface area contributed by atoms with Crippen LogP contribution < -0.4 is 10.2 Å². The second-order valence-electron chi connectivity index (χ2n) is 5.39. The van der Waals surface area contributed by atoms with E-state index in [1.165, 1.54) is 12.4 Å². The summed E-state index contributed by atoms with van der Waals surface area (Å²) in [5.41, 5.74) is 2.50. The van der Waals surface area contributed by atoms with Crippen molar-refractivity contribution in [2.45, 2.75) is 20.8 Å². The molecule has 0 fully saturated rings. The lowest BCUT2D eigenvalue weighted by atomic mass is 10.2. The van der Waals surface area contributed by atoms with E-state index in [0.717, 1.165) is 18.8 Å². The van der Waals surface area contributed by atoms with Crippen molar-refractivity contribution in [3.63, 3.8) is 0 Å². The van der Waals surface area contributed by atoms with Gasteiger partial charge in [0, 0.05) is 30.7 Å². The Balaban J connectivity index is 1.85. The van der Waals surface area contributed by atoms with Crippen molar-refractivity contribution in [1.82, 2.24) is 9.97 Å². The zero-order valence-corrected chi connectivity index (χ0v) is 14.7. The molecule has 1 amide bonds. The highest BCUT2D eigenvalue weighted by atomic mass is 16.5. The van der Waals surface area contributed by atoms with Crippen molar-refractivity contribution < 1.29 is 14.3 Å². The predicted molar refractivity (Wildman–Crippen MR) is 95.7 cm³/mol. The van der Waals surface area contributed by atoms with Crippen LogP contribution in [-0.4, -0.2) is 41.5 Å². The number of aromatic nitrogens is 2. The van der Waals surface area contributed by atoms with Gasteiger partial charge in [0.2, 0.25) is 0 Å². The van der Waals surface area contributed by atoms with E-state index < -0.39 is 11.9 Å². The maximum absolute atomic E-state index is 11.9. The van der Waals surface area contributed by atoms with E-state index in [1.54, 1.807) is 6.92 Å². The van der Waals surface area contributed by atoms with Crippen LogP contribution in [0.5, 0.6) is 0 Å². The van der Waals surface area contributed by atoms with E-state index in [9.17, 15) is 9.59 Å². The average molecular weight is 342 g/mol. The molecule has 25 heavy (non-hydrogen) atoms. The Bertz CT molecular complexity index is 710. The van der Waals surface area contributed by atoms with Gasteiger partial charge in [-0.05, 0) is 45.0 Å². The molecule has 7 heteroatoms. The Kier molecular flexibility index (Phi) is 6.45. The number of anilines is 2. The molecule has 0 spiro atoms. The molecule has 7 nitrogen and oxygen atoms in total. The molecule has 1 heterocycles. The summed E-state index contributed by atoms with van der Waals surface area (Å²) in [4.78, 5) is 33.8. The predicted octanol–water partition coefficient (Wildman–Crippen LogP) is 2.43. The lowest BCUT2D eigenvalue weighted by Gasteiger charge is -2.21. The number of carbonyl (C=O) groups excluding carboxylic acids is 2. The van der Waals surface area contributed by atoms with Gasteiger partial charge in [0.15, 0.2) is 12.3 Å². The van der Waals surface area contributed by atoms with Crippen LogP contribution in [-0.2, 0) is 9.53 Å². The summed E-state index contributed by atoms with van der Waals surface area (Å²) in [5, 5.41) is 2.69. The number of amides is 1. The number of aryl methyl sites for hydroxylation is 1. The van der Waals surface area contributed by atoms with Gasteiger partial charge in [-0.2, -0.15) is 0 Å². The van der Waals surface area contributed by atoms with Gasteiger partial charge in [0.1, 0.15) is 0 Å². The maximum Gasteiger partial charge on any atom is 0.359 e. The highest BCUT2D eigenvalue weighted by Gasteiger charge is 2.12. The number of benzene rings is 1. The molecule has 0 saturated heterocycles. The molecule has 1 aromatic heterocycles. The van der Waals surface area contributed by atoms with Crippen LogP contribution in [0.2, 0.25) is 0 Å². The zero-order valence-electron chi connectivity index (χ0n) is 14.7. The molecule has 132 valence electrons. The lowest BCUT2D eigenvalue weighted by molar-refractivity contribution is -0.119. The second kappa shape index (κ2) is 8.77. The summed E-state index contributed by atoms with van der Waals surface area (Å²) in [6.45, 7) is 7.39. The molecule has 0 aliphatic heterocycles. The number of nitrogens with one attached hydrogen (secondary N) is 1. The fourth-order valence-electron chi connectivity index (χ4n) is 2.24. The van der Waals surface area contributed by atoms with Gasteiger partial charge in [-0.3, -0.25) is 9.78 Å². The van der Waals surface area contributed by atoms with Crippen molar-refractivity contribution in [3.05, 3.63) is 48.0 Å². The topological polar surface area (TPSA) is 84.4 Å². The Morgan fingerprint density at radius 2 is 1.76 bits per heavy atom. The summed E-state index contributed by atoms with van der Waals surface area (Å²) in [6.07, 6.45) is 2.79. The third-order valence-electron chi connectivity index (χ3n) is 3.60. The van der Waals surface area contributed by atoms with Crippen LogP contribution in [0.1, 0.15) is 30.0 Å². The van der Waals surface area contributed by atoms with Crippen LogP contribution in [0.3, 0.4) is 0 Å². The number of esters is 1. The molecular weight excluding hydrogens is 320 g/mol. The minimum absolute atomic E-state index is 0.0713. The number of ether oxygens (including phenoxy) is 1. The van der Waals surface area contributed by atoms with Gasteiger partial charge in [-0.15, -0.1) is 0 Å². The molecule has 0 radical (unpaired) electrons. The Morgan fingerprint density at radius 1 is 1.08 bits per heavy atom. The minimum atomic E-state index is -0.681.